The van der Waals surface area contributed by atoms with E-state index in [1.54, 1.807) is 13.8 Å². The molecule has 0 atom stereocenters. The van der Waals surface area contributed by atoms with E-state index in [0.29, 0.717) is 5.69 Å². The number of rotatable bonds is 1. The van der Waals surface area contributed by atoms with Crippen LogP contribution in [0.5, 0.6) is 0 Å². The van der Waals surface area contributed by atoms with Gasteiger partial charge in [-0.1, -0.05) is 18.2 Å². The summed E-state index contributed by atoms with van der Waals surface area (Å²) in [5, 5.41) is 10.9. The average molecular weight is 202 g/mol. The van der Waals surface area contributed by atoms with Crippen LogP contribution in [-0.4, -0.2) is 15.1 Å². The highest BCUT2D eigenvalue weighted by atomic mass is 16.3. The van der Waals surface area contributed by atoms with Gasteiger partial charge >= 0.3 is 0 Å². The fourth-order valence-electron chi connectivity index (χ4n) is 1.72. The molecular weight excluding hydrogens is 188 g/mol. The van der Waals surface area contributed by atoms with E-state index >= 15 is 0 Å². The zero-order chi connectivity index (χ0) is 11.1. The lowest BCUT2D eigenvalue weighted by molar-refractivity contribution is 0.0755. The van der Waals surface area contributed by atoms with Crippen molar-refractivity contribution in [1.29, 1.82) is 0 Å². The van der Waals surface area contributed by atoms with Crippen LogP contribution in [0.2, 0.25) is 0 Å². The van der Waals surface area contributed by atoms with Crippen molar-refractivity contribution in [2.75, 3.05) is 0 Å². The first kappa shape index (κ1) is 10.1. The van der Waals surface area contributed by atoms with Crippen LogP contribution in [0.4, 0.5) is 0 Å². The molecule has 3 nitrogen and oxygen atoms in total. The molecule has 1 N–H and O–H groups in total. The summed E-state index contributed by atoms with van der Waals surface area (Å²) in [4.78, 5) is 8.39. The number of hydrogen-bond donors (Lipinski definition) is 1. The molecule has 78 valence electrons. The number of para-hydroxylation sites is 1. The maximum Gasteiger partial charge on any atom is 0.116 e. The van der Waals surface area contributed by atoms with Crippen molar-refractivity contribution in [3.05, 3.63) is 35.8 Å². The molecule has 0 aliphatic carbocycles. The van der Waals surface area contributed by atoms with Crippen molar-refractivity contribution in [3.63, 3.8) is 0 Å². The van der Waals surface area contributed by atoms with Gasteiger partial charge in [-0.05, 0) is 26.3 Å². The van der Waals surface area contributed by atoms with E-state index in [4.69, 9.17) is 0 Å². The molecule has 3 heteroatoms. The van der Waals surface area contributed by atoms with Crippen LogP contribution < -0.4 is 0 Å². The number of benzene rings is 1. The monoisotopic (exact) mass is 202 g/mol. The molecule has 0 radical (unpaired) electrons. The van der Waals surface area contributed by atoms with E-state index < -0.39 is 5.60 Å². The van der Waals surface area contributed by atoms with Gasteiger partial charge in [0, 0.05) is 5.39 Å². The standard InChI is InChI=1S/C12H14N2O/c1-8-5-4-6-9-10(8)13-7-14-11(9)12(2,3)15/h4-7,15H,1-3H3. The molecule has 0 spiro atoms. The minimum Gasteiger partial charge on any atom is -0.384 e. The summed E-state index contributed by atoms with van der Waals surface area (Å²) in [6.45, 7) is 5.47. The first-order valence-electron chi connectivity index (χ1n) is 4.93. The summed E-state index contributed by atoms with van der Waals surface area (Å²) in [7, 11) is 0. The third kappa shape index (κ3) is 1.70. The van der Waals surface area contributed by atoms with Gasteiger partial charge in [0.05, 0.1) is 11.2 Å². The summed E-state index contributed by atoms with van der Waals surface area (Å²) in [6.07, 6.45) is 1.50. The van der Waals surface area contributed by atoms with Crippen LogP contribution in [0.1, 0.15) is 25.1 Å². The van der Waals surface area contributed by atoms with Crippen molar-refractivity contribution in [3.8, 4) is 0 Å². The lowest BCUT2D eigenvalue weighted by atomic mass is 9.99. The van der Waals surface area contributed by atoms with Crippen LogP contribution in [0, 0.1) is 6.92 Å². The molecule has 1 aromatic heterocycles. The maximum absolute atomic E-state index is 9.99. The smallest absolute Gasteiger partial charge is 0.116 e. The Hall–Kier alpha value is -1.48. The summed E-state index contributed by atoms with van der Waals surface area (Å²) >= 11 is 0. The topological polar surface area (TPSA) is 46.0 Å². The SMILES string of the molecule is Cc1cccc2c(C(C)(C)O)ncnc12. The zero-order valence-electron chi connectivity index (χ0n) is 9.15. The highest BCUT2D eigenvalue weighted by molar-refractivity contribution is 5.84. The first-order valence-corrected chi connectivity index (χ1v) is 4.93. The van der Waals surface area contributed by atoms with E-state index in [-0.39, 0.29) is 0 Å². The Morgan fingerprint density at radius 3 is 2.60 bits per heavy atom. The largest absolute Gasteiger partial charge is 0.384 e. The van der Waals surface area contributed by atoms with Gasteiger partial charge in [-0.15, -0.1) is 0 Å². The minimum atomic E-state index is -0.936. The van der Waals surface area contributed by atoms with Crippen LogP contribution in [0.25, 0.3) is 10.9 Å². The molecule has 0 aliphatic rings. The molecule has 15 heavy (non-hydrogen) atoms. The second kappa shape index (κ2) is 3.28. The molecule has 1 aromatic carbocycles. The number of aryl methyl sites for hydroxylation is 1. The normalized spacial score (nSPS) is 12.0. The molecule has 0 saturated heterocycles. The molecule has 1 heterocycles. The van der Waals surface area contributed by atoms with Gasteiger partial charge in [-0.25, -0.2) is 9.97 Å². The highest BCUT2D eigenvalue weighted by Gasteiger charge is 2.21. The van der Waals surface area contributed by atoms with E-state index in [9.17, 15) is 5.11 Å². The van der Waals surface area contributed by atoms with Crippen LogP contribution in [0.15, 0.2) is 24.5 Å². The first-order chi connectivity index (χ1) is 7.00. The van der Waals surface area contributed by atoms with Crippen LogP contribution >= 0.6 is 0 Å². The molecule has 0 aliphatic heterocycles. The molecule has 2 rings (SSSR count). The van der Waals surface area contributed by atoms with Crippen LogP contribution in [-0.2, 0) is 5.60 Å². The van der Waals surface area contributed by atoms with Gasteiger partial charge in [0.25, 0.3) is 0 Å². The predicted molar refractivity (Wildman–Crippen MR) is 59.5 cm³/mol. The fourth-order valence-corrected chi connectivity index (χ4v) is 1.72. The number of aromatic nitrogens is 2. The Balaban J connectivity index is 2.83. The van der Waals surface area contributed by atoms with Gasteiger partial charge in [0.15, 0.2) is 0 Å². The third-order valence-electron chi connectivity index (χ3n) is 2.45. The summed E-state index contributed by atoms with van der Waals surface area (Å²) in [5.41, 5.74) is 1.75. The van der Waals surface area contributed by atoms with Crippen LogP contribution in [0.3, 0.4) is 0 Å². The maximum atomic E-state index is 9.99. The van der Waals surface area contributed by atoms with Crippen molar-refractivity contribution in [2.24, 2.45) is 0 Å². The summed E-state index contributed by atoms with van der Waals surface area (Å²) in [5.74, 6) is 0. The Morgan fingerprint density at radius 2 is 1.93 bits per heavy atom. The van der Waals surface area contributed by atoms with Gasteiger partial charge < -0.3 is 5.11 Å². The van der Waals surface area contributed by atoms with Gasteiger partial charge in [0.2, 0.25) is 0 Å². The number of fused-ring (bicyclic) bond motifs is 1. The van der Waals surface area contributed by atoms with Crippen molar-refractivity contribution in [1.82, 2.24) is 9.97 Å². The van der Waals surface area contributed by atoms with E-state index in [0.717, 1.165) is 16.5 Å². The van der Waals surface area contributed by atoms with E-state index in [1.807, 2.05) is 25.1 Å². The van der Waals surface area contributed by atoms with Crippen molar-refractivity contribution in [2.45, 2.75) is 26.4 Å². The molecule has 0 fully saturated rings. The predicted octanol–water partition coefficient (Wildman–Crippen LogP) is 2.17. The molecule has 0 amide bonds. The second-order valence-electron chi connectivity index (χ2n) is 4.25. The van der Waals surface area contributed by atoms with Gasteiger partial charge in [-0.3, -0.25) is 0 Å². The molecular formula is C12H14N2O. The molecule has 2 aromatic rings. The molecule has 0 saturated carbocycles. The lowest BCUT2D eigenvalue weighted by Crippen LogP contribution is -2.18. The third-order valence-corrected chi connectivity index (χ3v) is 2.45. The highest BCUT2D eigenvalue weighted by Crippen LogP contribution is 2.26. The molecule has 0 bridgehead atoms. The minimum absolute atomic E-state index is 0.677. The Labute approximate surface area is 88.8 Å². The quantitative estimate of drug-likeness (QED) is 0.770. The fraction of sp³-hybridized carbons (Fsp3) is 0.333. The summed E-state index contributed by atoms with van der Waals surface area (Å²) in [6, 6.07) is 5.90. The van der Waals surface area contributed by atoms with E-state index in [1.165, 1.54) is 6.33 Å². The number of aliphatic hydroxyl groups is 1. The summed E-state index contributed by atoms with van der Waals surface area (Å²) < 4.78 is 0. The second-order valence-corrected chi connectivity index (χ2v) is 4.25. The average Bonchev–Trinajstić information content (AvgIpc) is 2.16. The van der Waals surface area contributed by atoms with Crippen molar-refractivity contribution >= 4 is 10.9 Å². The number of hydrogen-bond acceptors (Lipinski definition) is 3. The van der Waals surface area contributed by atoms with Gasteiger partial charge in [-0.2, -0.15) is 0 Å². The molecule has 0 unspecified atom stereocenters. The van der Waals surface area contributed by atoms with E-state index in [2.05, 4.69) is 9.97 Å². The number of nitrogens with zero attached hydrogens (tertiary/aromatic N) is 2. The van der Waals surface area contributed by atoms with Gasteiger partial charge in [0.1, 0.15) is 11.9 Å². The Bertz CT molecular complexity index is 500. The Morgan fingerprint density at radius 1 is 1.20 bits per heavy atom. The lowest BCUT2D eigenvalue weighted by Gasteiger charge is -2.18. The zero-order valence-corrected chi connectivity index (χ0v) is 9.15. The Kier molecular flexibility index (Phi) is 2.20. The van der Waals surface area contributed by atoms with Crippen molar-refractivity contribution < 1.29 is 5.11 Å².